The van der Waals surface area contributed by atoms with E-state index in [1.807, 2.05) is 12.5 Å². The predicted molar refractivity (Wildman–Crippen MR) is 74.5 cm³/mol. The van der Waals surface area contributed by atoms with Crippen LogP contribution in [0.25, 0.3) is 0 Å². The molecule has 0 aliphatic rings. The Morgan fingerprint density at radius 3 is 2.94 bits per heavy atom. The van der Waals surface area contributed by atoms with Gasteiger partial charge in [0.15, 0.2) is 0 Å². The Bertz CT molecular complexity index is 310. The average Bonchev–Trinajstić information content (AvgIpc) is 2.76. The number of imidazole rings is 1. The Kier molecular flexibility index (Phi) is 7.69. The number of rotatable bonds is 10. The monoisotopic (exact) mass is 253 g/mol. The van der Waals surface area contributed by atoms with E-state index in [0.29, 0.717) is 6.10 Å². The van der Waals surface area contributed by atoms with Crippen molar-refractivity contribution >= 4 is 0 Å². The van der Waals surface area contributed by atoms with Gasteiger partial charge >= 0.3 is 0 Å². The third-order valence-electron chi connectivity index (χ3n) is 2.77. The molecule has 0 spiro atoms. The van der Waals surface area contributed by atoms with Crippen LogP contribution in [-0.4, -0.2) is 28.8 Å². The summed E-state index contributed by atoms with van der Waals surface area (Å²) in [6.45, 7) is 10.2. The fourth-order valence-corrected chi connectivity index (χ4v) is 1.83. The lowest BCUT2D eigenvalue weighted by Crippen LogP contribution is -2.18. The first kappa shape index (κ1) is 15.2. The van der Waals surface area contributed by atoms with Crippen molar-refractivity contribution in [3.05, 3.63) is 18.2 Å². The summed E-state index contributed by atoms with van der Waals surface area (Å²) >= 11 is 0. The van der Waals surface area contributed by atoms with E-state index in [9.17, 15) is 0 Å². The number of unbranched alkanes of at least 4 members (excludes halogenated alkanes) is 1. The maximum Gasteiger partial charge on any atom is 0.0948 e. The van der Waals surface area contributed by atoms with E-state index in [1.165, 1.54) is 5.69 Å². The van der Waals surface area contributed by atoms with Crippen LogP contribution in [0.3, 0.4) is 0 Å². The van der Waals surface area contributed by atoms with Gasteiger partial charge in [-0.25, -0.2) is 4.98 Å². The second kappa shape index (κ2) is 9.11. The first-order valence-corrected chi connectivity index (χ1v) is 7.05. The van der Waals surface area contributed by atoms with E-state index in [-0.39, 0.29) is 0 Å². The number of ether oxygens (including phenoxy) is 1. The molecule has 104 valence electrons. The van der Waals surface area contributed by atoms with Crippen LogP contribution in [0, 0.1) is 0 Å². The van der Waals surface area contributed by atoms with Gasteiger partial charge in [-0.3, -0.25) is 0 Å². The zero-order valence-electron chi connectivity index (χ0n) is 12.0. The molecule has 0 atom stereocenters. The normalized spacial score (nSPS) is 11.3. The fourth-order valence-electron chi connectivity index (χ4n) is 1.83. The third-order valence-corrected chi connectivity index (χ3v) is 2.77. The summed E-state index contributed by atoms with van der Waals surface area (Å²) in [6, 6.07) is 0. The van der Waals surface area contributed by atoms with E-state index >= 15 is 0 Å². The van der Waals surface area contributed by atoms with Crippen LogP contribution in [0.5, 0.6) is 0 Å². The molecule has 0 radical (unpaired) electrons. The molecule has 1 aromatic rings. The van der Waals surface area contributed by atoms with Gasteiger partial charge in [0.25, 0.3) is 0 Å². The molecule has 0 aliphatic carbocycles. The van der Waals surface area contributed by atoms with Gasteiger partial charge in [-0.15, -0.1) is 0 Å². The molecule has 0 saturated carbocycles. The summed E-state index contributed by atoms with van der Waals surface area (Å²) in [5, 5.41) is 3.46. The molecule has 0 aromatic carbocycles. The highest BCUT2D eigenvalue weighted by molar-refractivity contribution is 4.97. The summed E-state index contributed by atoms with van der Waals surface area (Å²) in [5.41, 5.74) is 1.27. The largest absolute Gasteiger partial charge is 0.379 e. The van der Waals surface area contributed by atoms with Crippen molar-refractivity contribution < 1.29 is 4.74 Å². The molecule has 4 heteroatoms. The zero-order valence-corrected chi connectivity index (χ0v) is 12.0. The summed E-state index contributed by atoms with van der Waals surface area (Å²) in [4.78, 5) is 4.19. The van der Waals surface area contributed by atoms with Gasteiger partial charge < -0.3 is 14.6 Å². The number of hydrogen-bond acceptors (Lipinski definition) is 3. The Labute approximate surface area is 111 Å². The van der Waals surface area contributed by atoms with Gasteiger partial charge in [0.05, 0.1) is 18.1 Å². The van der Waals surface area contributed by atoms with Crippen LogP contribution < -0.4 is 5.32 Å². The number of aromatic nitrogens is 2. The first-order chi connectivity index (χ1) is 8.74. The number of hydrogen-bond donors (Lipinski definition) is 1. The fraction of sp³-hybridized carbons (Fsp3) is 0.786. The van der Waals surface area contributed by atoms with Crippen LogP contribution in [0.15, 0.2) is 12.5 Å². The molecular formula is C14H27N3O. The molecule has 1 rings (SSSR count). The lowest BCUT2D eigenvalue weighted by molar-refractivity contribution is 0.0760. The van der Waals surface area contributed by atoms with Gasteiger partial charge in [-0.05, 0) is 39.7 Å². The molecule has 0 bridgehead atoms. The van der Waals surface area contributed by atoms with Crippen LogP contribution in [0.1, 0.15) is 45.7 Å². The Morgan fingerprint density at radius 2 is 2.22 bits per heavy atom. The van der Waals surface area contributed by atoms with Gasteiger partial charge in [-0.2, -0.15) is 0 Å². The molecule has 0 saturated heterocycles. The van der Waals surface area contributed by atoms with Crippen molar-refractivity contribution in [2.45, 2.75) is 59.2 Å². The Balaban J connectivity index is 2.05. The van der Waals surface area contributed by atoms with Gasteiger partial charge in [0.2, 0.25) is 0 Å². The van der Waals surface area contributed by atoms with Crippen LogP contribution in [0.2, 0.25) is 0 Å². The zero-order chi connectivity index (χ0) is 13.2. The van der Waals surface area contributed by atoms with E-state index in [2.05, 4.69) is 35.6 Å². The lowest BCUT2D eigenvalue weighted by Gasteiger charge is -2.09. The molecule has 0 aliphatic heterocycles. The maximum atomic E-state index is 5.50. The molecular weight excluding hydrogens is 226 g/mol. The minimum Gasteiger partial charge on any atom is -0.379 e. The highest BCUT2D eigenvalue weighted by atomic mass is 16.5. The van der Waals surface area contributed by atoms with E-state index < -0.39 is 0 Å². The van der Waals surface area contributed by atoms with Crippen molar-refractivity contribution in [2.24, 2.45) is 0 Å². The number of aryl methyl sites for hydroxylation is 1. The third kappa shape index (κ3) is 6.17. The van der Waals surface area contributed by atoms with Crippen molar-refractivity contribution in [2.75, 3.05) is 13.2 Å². The summed E-state index contributed by atoms with van der Waals surface area (Å²) in [6.07, 6.45) is 7.65. The Hall–Kier alpha value is -0.870. The molecule has 0 unspecified atom stereocenters. The van der Waals surface area contributed by atoms with Gasteiger partial charge in [0.1, 0.15) is 0 Å². The summed E-state index contributed by atoms with van der Waals surface area (Å²) < 4.78 is 7.72. The second-order valence-corrected chi connectivity index (χ2v) is 4.88. The summed E-state index contributed by atoms with van der Waals surface area (Å²) in [7, 11) is 0. The number of nitrogens with zero attached hydrogens (tertiary/aromatic N) is 2. The molecule has 1 aromatic heterocycles. The van der Waals surface area contributed by atoms with E-state index in [0.717, 1.165) is 45.5 Å². The van der Waals surface area contributed by atoms with Crippen molar-refractivity contribution in [1.82, 2.24) is 14.9 Å². The quantitative estimate of drug-likeness (QED) is 0.651. The topological polar surface area (TPSA) is 39.1 Å². The SMILES string of the molecule is CCCn1cncc1CNCCCCOC(C)C. The lowest BCUT2D eigenvalue weighted by atomic mass is 10.3. The van der Waals surface area contributed by atoms with Crippen LogP contribution >= 0.6 is 0 Å². The standard InChI is InChI=1S/C14H27N3O/c1-4-8-17-12-16-11-14(17)10-15-7-5-6-9-18-13(2)3/h11-13,15H,4-10H2,1-3H3. The molecule has 0 fully saturated rings. The van der Waals surface area contributed by atoms with Crippen LogP contribution in [0.4, 0.5) is 0 Å². The summed E-state index contributed by atoms with van der Waals surface area (Å²) in [5.74, 6) is 0. The van der Waals surface area contributed by atoms with E-state index in [1.54, 1.807) is 0 Å². The van der Waals surface area contributed by atoms with E-state index in [4.69, 9.17) is 4.74 Å². The molecule has 1 N–H and O–H groups in total. The van der Waals surface area contributed by atoms with Crippen molar-refractivity contribution in [3.63, 3.8) is 0 Å². The highest BCUT2D eigenvalue weighted by Crippen LogP contribution is 2.00. The van der Waals surface area contributed by atoms with Gasteiger partial charge in [-0.1, -0.05) is 6.92 Å². The number of nitrogens with one attached hydrogen (secondary N) is 1. The molecule has 4 nitrogen and oxygen atoms in total. The molecule has 18 heavy (non-hydrogen) atoms. The second-order valence-electron chi connectivity index (χ2n) is 4.88. The minimum atomic E-state index is 0.348. The van der Waals surface area contributed by atoms with Crippen molar-refractivity contribution in [3.8, 4) is 0 Å². The average molecular weight is 253 g/mol. The van der Waals surface area contributed by atoms with Gasteiger partial charge in [0, 0.05) is 25.9 Å². The smallest absolute Gasteiger partial charge is 0.0948 e. The first-order valence-electron chi connectivity index (χ1n) is 7.05. The molecule has 0 amide bonds. The molecule has 1 heterocycles. The maximum absolute atomic E-state index is 5.50. The van der Waals surface area contributed by atoms with Crippen molar-refractivity contribution in [1.29, 1.82) is 0 Å². The van der Waals surface area contributed by atoms with Crippen LogP contribution in [-0.2, 0) is 17.8 Å². The predicted octanol–water partition coefficient (Wildman–Crippen LogP) is 2.59. The minimum absolute atomic E-state index is 0.348. The Morgan fingerprint density at radius 1 is 1.39 bits per heavy atom. The highest BCUT2D eigenvalue weighted by Gasteiger charge is 2.00.